The van der Waals surface area contributed by atoms with Crippen LogP contribution in [0.25, 0.3) is 0 Å². The minimum atomic E-state index is -2.21. The molecule has 0 aromatic rings. The van der Waals surface area contributed by atoms with Gasteiger partial charge in [0.1, 0.15) is 18.4 Å². The van der Waals surface area contributed by atoms with Gasteiger partial charge in [0.15, 0.2) is 6.17 Å². The lowest BCUT2D eigenvalue weighted by Crippen LogP contribution is -2.35. The molecule has 9 nitrogen and oxygen atoms in total. The maximum absolute atomic E-state index is 12.2. The van der Waals surface area contributed by atoms with E-state index in [1.807, 2.05) is 13.8 Å². The molecule has 0 aliphatic heterocycles. The third-order valence-corrected chi connectivity index (χ3v) is 3.24. The number of hydrogen-bond donors (Lipinski definition) is 4. The van der Waals surface area contributed by atoms with Gasteiger partial charge in [-0.3, -0.25) is 19.4 Å². The number of aliphatic imine (C=N–C) groups is 1. The SMILES string of the molecule is CC1(C)CC(=O)CC(=NCC(=O)O)C1.N[C@H](C[C@H](F)C(=O)O)C(=O)O. The van der Waals surface area contributed by atoms with Crippen LogP contribution in [0.5, 0.6) is 0 Å². The number of nitrogens with zero attached hydrogens (tertiary/aromatic N) is 1. The van der Waals surface area contributed by atoms with Gasteiger partial charge in [0.05, 0.1) is 0 Å². The van der Waals surface area contributed by atoms with Crippen molar-refractivity contribution in [2.75, 3.05) is 6.54 Å². The normalized spacial score (nSPS) is 20.2. The van der Waals surface area contributed by atoms with Gasteiger partial charge in [-0.25, -0.2) is 9.18 Å². The van der Waals surface area contributed by atoms with E-state index in [2.05, 4.69) is 4.99 Å². The Balaban J connectivity index is 0.000000477. The van der Waals surface area contributed by atoms with Gasteiger partial charge in [0, 0.05) is 25.0 Å². The van der Waals surface area contributed by atoms with Crippen molar-refractivity contribution >= 4 is 29.4 Å². The van der Waals surface area contributed by atoms with Crippen molar-refractivity contribution < 1.29 is 38.9 Å². The summed E-state index contributed by atoms with van der Waals surface area (Å²) >= 11 is 0. The van der Waals surface area contributed by atoms with E-state index in [9.17, 15) is 23.6 Å². The van der Waals surface area contributed by atoms with Crippen molar-refractivity contribution in [2.24, 2.45) is 16.1 Å². The Labute approximate surface area is 143 Å². The Bertz CT molecular complexity index is 542. The number of carbonyl (C=O) groups is 4. The molecule has 142 valence electrons. The highest BCUT2D eigenvalue weighted by Gasteiger charge is 2.30. The maximum Gasteiger partial charge on any atom is 0.338 e. The molecule has 1 aliphatic rings. The minimum Gasteiger partial charge on any atom is -0.480 e. The van der Waals surface area contributed by atoms with Crippen molar-refractivity contribution in [3.63, 3.8) is 0 Å². The molecule has 0 heterocycles. The lowest BCUT2D eigenvalue weighted by molar-refractivity contribution is -0.144. The molecule has 1 saturated carbocycles. The van der Waals surface area contributed by atoms with E-state index in [0.717, 1.165) is 12.1 Å². The standard InChI is InChI=1S/C10H15NO3.C5H8FNO4/c1-10(2)4-7(3-8(12)5-10)11-6-9(13)14;6-2(4(8)9)1-3(7)5(10)11/h3-6H2,1-2H3,(H,13,14);2-3H,1,7H2,(H,8,9)(H,10,11)/t;2-,3+/m.0/s1. The van der Waals surface area contributed by atoms with E-state index in [0.29, 0.717) is 12.8 Å². The summed E-state index contributed by atoms with van der Waals surface area (Å²) in [6.45, 7) is 3.78. The third-order valence-electron chi connectivity index (χ3n) is 3.24. The largest absolute Gasteiger partial charge is 0.480 e. The van der Waals surface area contributed by atoms with Crippen molar-refractivity contribution in [1.82, 2.24) is 0 Å². The zero-order valence-electron chi connectivity index (χ0n) is 14.1. The Morgan fingerprint density at radius 2 is 1.76 bits per heavy atom. The van der Waals surface area contributed by atoms with Crippen molar-refractivity contribution in [3.8, 4) is 0 Å². The van der Waals surface area contributed by atoms with E-state index in [1.165, 1.54) is 0 Å². The first kappa shape index (κ1) is 22.6. The molecule has 0 aromatic carbocycles. The number of carbonyl (C=O) groups excluding carboxylic acids is 1. The van der Waals surface area contributed by atoms with E-state index >= 15 is 0 Å². The Morgan fingerprint density at radius 3 is 2.16 bits per heavy atom. The average molecular weight is 362 g/mol. The fourth-order valence-corrected chi connectivity index (χ4v) is 2.22. The molecule has 0 saturated heterocycles. The van der Waals surface area contributed by atoms with E-state index < -0.39 is 36.5 Å². The van der Waals surface area contributed by atoms with Gasteiger partial charge in [0.2, 0.25) is 0 Å². The number of carboxylic acid groups (broad SMARTS) is 3. The monoisotopic (exact) mass is 362 g/mol. The third kappa shape index (κ3) is 10.2. The number of Topliss-reactive ketones (excluding diaryl/α,β-unsaturated/α-hetero) is 1. The van der Waals surface area contributed by atoms with Crippen molar-refractivity contribution in [2.45, 2.75) is 51.7 Å². The fourth-order valence-electron chi connectivity index (χ4n) is 2.22. The van der Waals surface area contributed by atoms with Crippen LogP contribution in [-0.2, 0) is 19.2 Å². The van der Waals surface area contributed by atoms with Crippen LogP contribution in [-0.4, -0.2) is 63.5 Å². The molecule has 1 fully saturated rings. The number of rotatable bonds is 6. The van der Waals surface area contributed by atoms with Crippen molar-refractivity contribution in [1.29, 1.82) is 0 Å². The molecule has 0 aromatic heterocycles. The molecular weight excluding hydrogens is 339 g/mol. The summed E-state index contributed by atoms with van der Waals surface area (Å²) < 4.78 is 12.2. The first-order valence-corrected chi connectivity index (χ1v) is 7.45. The molecule has 1 rings (SSSR count). The predicted molar refractivity (Wildman–Crippen MR) is 85.3 cm³/mol. The molecule has 1 aliphatic carbocycles. The van der Waals surface area contributed by atoms with Crippen LogP contribution in [0, 0.1) is 5.41 Å². The Hall–Kier alpha value is -2.36. The molecule has 0 unspecified atom stereocenters. The zero-order valence-corrected chi connectivity index (χ0v) is 14.1. The minimum absolute atomic E-state index is 0.0628. The highest BCUT2D eigenvalue weighted by Crippen LogP contribution is 2.31. The molecule has 0 spiro atoms. The van der Waals surface area contributed by atoms with Gasteiger partial charge in [-0.1, -0.05) is 13.8 Å². The van der Waals surface area contributed by atoms with Gasteiger partial charge >= 0.3 is 17.9 Å². The maximum atomic E-state index is 12.2. The summed E-state index contributed by atoms with van der Waals surface area (Å²) in [5.74, 6) is -3.89. The summed E-state index contributed by atoms with van der Waals surface area (Å²) in [6, 6.07) is -1.46. The highest BCUT2D eigenvalue weighted by atomic mass is 19.1. The molecule has 25 heavy (non-hydrogen) atoms. The molecule has 10 heteroatoms. The number of hydrogen-bond acceptors (Lipinski definition) is 6. The summed E-state index contributed by atoms with van der Waals surface area (Å²) in [6.07, 6.45) is -1.28. The van der Waals surface area contributed by atoms with Crippen LogP contribution in [0.15, 0.2) is 4.99 Å². The van der Waals surface area contributed by atoms with Gasteiger partial charge in [-0.2, -0.15) is 0 Å². The quantitative estimate of drug-likeness (QED) is 0.530. The van der Waals surface area contributed by atoms with Crippen molar-refractivity contribution in [3.05, 3.63) is 0 Å². The topological polar surface area (TPSA) is 167 Å². The summed E-state index contributed by atoms with van der Waals surface area (Å²) in [4.78, 5) is 45.3. The highest BCUT2D eigenvalue weighted by molar-refractivity contribution is 6.05. The Morgan fingerprint density at radius 1 is 1.20 bits per heavy atom. The van der Waals surface area contributed by atoms with Crippen LogP contribution < -0.4 is 5.73 Å². The number of carboxylic acids is 3. The molecule has 0 bridgehead atoms. The molecule has 0 radical (unpaired) electrons. The summed E-state index contributed by atoms with van der Waals surface area (Å²) in [7, 11) is 0. The molecule has 0 amide bonds. The van der Waals surface area contributed by atoms with Gasteiger partial charge in [-0.15, -0.1) is 0 Å². The second-order valence-electron chi connectivity index (χ2n) is 6.50. The predicted octanol–water partition coefficient (Wildman–Crippen LogP) is 0.502. The van der Waals surface area contributed by atoms with E-state index in [1.54, 1.807) is 0 Å². The van der Waals surface area contributed by atoms with E-state index in [-0.39, 0.29) is 17.7 Å². The van der Waals surface area contributed by atoms with Gasteiger partial charge in [0.25, 0.3) is 0 Å². The molecule has 2 atom stereocenters. The number of halogens is 1. The number of nitrogens with two attached hydrogens (primary N) is 1. The van der Waals surface area contributed by atoms with Crippen LogP contribution in [0.4, 0.5) is 4.39 Å². The molecular formula is C15H23FN2O7. The van der Waals surface area contributed by atoms with Crippen LogP contribution in [0.2, 0.25) is 0 Å². The molecule has 5 N–H and O–H groups in total. The Kier molecular flexibility index (Phi) is 8.89. The average Bonchev–Trinajstić information content (AvgIpc) is 2.43. The summed E-state index contributed by atoms with van der Waals surface area (Å²) in [5, 5.41) is 24.6. The second-order valence-corrected chi connectivity index (χ2v) is 6.50. The van der Waals surface area contributed by atoms with Gasteiger partial charge in [-0.05, 0) is 11.8 Å². The van der Waals surface area contributed by atoms with Crippen LogP contribution in [0.3, 0.4) is 0 Å². The van der Waals surface area contributed by atoms with Crippen LogP contribution in [0.1, 0.15) is 39.5 Å². The number of ketones is 1. The van der Waals surface area contributed by atoms with E-state index in [4.69, 9.17) is 21.1 Å². The summed E-state index contributed by atoms with van der Waals surface area (Å²) in [5.41, 5.74) is 5.52. The first-order chi connectivity index (χ1) is 11.3. The first-order valence-electron chi connectivity index (χ1n) is 7.45. The zero-order chi connectivity index (χ0) is 19.8. The smallest absolute Gasteiger partial charge is 0.338 e. The number of alkyl halides is 1. The van der Waals surface area contributed by atoms with Crippen LogP contribution >= 0.6 is 0 Å². The van der Waals surface area contributed by atoms with Gasteiger partial charge < -0.3 is 21.1 Å². The second kappa shape index (κ2) is 9.82. The number of aliphatic carboxylic acids is 3. The lowest BCUT2D eigenvalue weighted by Gasteiger charge is -2.29. The lowest BCUT2D eigenvalue weighted by atomic mass is 9.76. The fraction of sp³-hybridized carbons (Fsp3) is 0.667.